The molecule has 2 aromatic carbocycles. The molecular formula is C30H29F7N2O3. The van der Waals surface area contributed by atoms with Gasteiger partial charge in [-0.15, -0.1) is 0 Å². The van der Waals surface area contributed by atoms with Crippen molar-refractivity contribution in [1.82, 2.24) is 4.98 Å². The molecule has 5 atom stereocenters. The number of anilines is 1. The van der Waals surface area contributed by atoms with E-state index in [0.29, 0.717) is 36.7 Å². The smallest absolute Gasteiger partial charge is 0.416 e. The summed E-state index contributed by atoms with van der Waals surface area (Å²) in [5.41, 5.74) is -0.897. The van der Waals surface area contributed by atoms with E-state index >= 15 is 0 Å². The van der Waals surface area contributed by atoms with Crippen molar-refractivity contribution in [2.75, 3.05) is 31.7 Å². The lowest BCUT2D eigenvalue weighted by Gasteiger charge is -2.41. The molecule has 0 amide bonds. The third kappa shape index (κ3) is 6.19. The van der Waals surface area contributed by atoms with E-state index in [-0.39, 0.29) is 30.1 Å². The van der Waals surface area contributed by atoms with Gasteiger partial charge >= 0.3 is 12.4 Å². The zero-order valence-corrected chi connectivity index (χ0v) is 23.0. The predicted octanol–water partition coefficient (Wildman–Crippen LogP) is 7.55. The van der Waals surface area contributed by atoms with E-state index in [1.54, 1.807) is 25.3 Å². The Hall–Kier alpha value is -3.38. The third-order valence-electron chi connectivity index (χ3n) is 8.02. The molecule has 0 aliphatic carbocycles. The fourth-order valence-electron chi connectivity index (χ4n) is 5.90. The summed E-state index contributed by atoms with van der Waals surface area (Å²) in [6.07, 6.45) is -10.5. The summed E-state index contributed by atoms with van der Waals surface area (Å²) in [6.45, 7) is 4.57. The number of methoxy groups -OCH3 is 1. The molecule has 226 valence electrons. The number of hydrogen-bond acceptors (Lipinski definition) is 5. The number of ether oxygens (including phenoxy) is 3. The minimum atomic E-state index is -4.98. The molecule has 0 saturated carbocycles. The van der Waals surface area contributed by atoms with E-state index in [1.165, 1.54) is 26.2 Å². The summed E-state index contributed by atoms with van der Waals surface area (Å²) in [5, 5.41) is 0. The van der Waals surface area contributed by atoms with Crippen LogP contribution in [0, 0.1) is 24.6 Å². The summed E-state index contributed by atoms with van der Waals surface area (Å²) in [5.74, 6) is -0.493. The number of hydrogen-bond donors (Lipinski definition) is 0. The van der Waals surface area contributed by atoms with Gasteiger partial charge in [-0.2, -0.15) is 26.3 Å². The van der Waals surface area contributed by atoms with Crippen LogP contribution in [0.5, 0.6) is 5.88 Å². The van der Waals surface area contributed by atoms with Crippen molar-refractivity contribution >= 4 is 5.69 Å². The van der Waals surface area contributed by atoms with E-state index in [1.807, 2.05) is 6.07 Å². The van der Waals surface area contributed by atoms with Gasteiger partial charge in [-0.1, -0.05) is 6.07 Å². The van der Waals surface area contributed by atoms with E-state index in [0.717, 1.165) is 11.3 Å². The van der Waals surface area contributed by atoms with Crippen molar-refractivity contribution in [3.8, 4) is 5.88 Å². The molecule has 0 spiro atoms. The number of halogens is 7. The number of benzene rings is 2. The maximum Gasteiger partial charge on any atom is 0.416 e. The van der Waals surface area contributed by atoms with Gasteiger partial charge in [-0.3, -0.25) is 0 Å². The highest BCUT2D eigenvalue weighted by molar-refractivity contribution is 5.47. The highest BCUT2D eigenvalue weighted by atomic mass is 19.4. The first kappa shape index (κ1) is 30.1. The molecule has 1 unspecified atom stereocenters. The Morgan fingerprint density at radius 2 is 1.64 bits per heavy atom. The van der Waals surface area contributed by atoms with Crippen molar-refractivity contribution < 1.29 is 44.9 Å². The molecule has 5 nitrogen and oxygen atoms in total. The second-order valence-electron chi connectivity index (χ2n) is 10.7. The molecule has 5 rings (SSSR count). The number of rotatable bonds is 6. The molecule has 1 aromatic heterocycles. The lowest BCUT2D eigenvalue weighted by molar-refractivity contribution is -0.217. The molecule has 0 N–H and O–H groups in total. The zero-order chi connectivity index (χ0) is 30.4. The van der Waals surface area contributed by atoms with Crippen molar-refractivity contribution in [3.63, 3.8) is 0 Å². The highest BCUT2D eigenvalue weighted by Crippen LogP contribution is 2.47. The Labute approximate surface area is 238 Å². The summed E-state index contributed by atoms with van der Waals surface area (Å²) >= 11 is 0. The Kier molecular flexibility index (Phi) is 8.14. The Morgan fingerprint density at radius 1 is 0.952 bits per heavy atom. The van der Waals surface area contributed by atoms with Gasteiger partial charge in [0.05, 0.1) is 42.8 Å². The van der Waals surface area contributed by atoms with Crippen LogP contribution in [0.3, 0.4) is 0 Å². The maximum absolute atomic E-state index is 14.1. The average molecular weight is 599 g/mol. The van der Waals surface area contributed by atoms with Crippen LogP contribution in [0.1, 0.15) is 46.8 Å². The fourth-order valence-corrected chi connectivity index (χ4v) is 5.90. The molecule has 3 aromatic rings. The first-order valence-electron chi connectivity index (χ1n) is 13.3. The number of pyridine rings is 1. The molecule has 2 saturated heterocycles. The SMILES string of the molecule is COc1ccc(N2CC3[C@H](CO[C@H](O[C@H](C)c4cc(C(F)(F)F)cc(C(F)(F)F)c4)[C@H]3c3ccc(F)cc3C)C2)cn1. The van der Waals surface area contributed by atoms with Gasteiger partial charge in [0.2, 0.25) is 5.88 Å². The standard InChI is InChI=1S/C30H29F7N2O3/c1-16-8-22(31)4-6-24(16)27-25-14-39(23-5-7-26(40-3)38-12-23)13-19(25)15-41-28(27)42-17(2)18-9-20(29(32,33)34)11-21(10-18)30(35,36)37/h4-12,17,19,25,27-28H,13-15H2,1-3H3/t17-,19+,25?,27+,28-/m1/s1. The predicted molar refractivity (Wildman–Crippen MR) is 140 cm³/mol. The molecule has 12 heteroatoms. The first-order valence-corrected chi connectivity index (χ1v) is 13.3. The largest absolute Gasteiger partial charge is 0.481 e. The van der Waals surface area contributed by atoms with Gasteiger partial charge in [0, 0.05) is 31.0 Å². The number of aryl methyl sites for hydroxylation is 1. The average Bonchev–Trinajstić information content (AvgIpc) is 3.37. The van der Waals surface area contributed by atoms with Crippen LogP contribution in [0.4, 0.5) is 36.4 Å². The Balaban J connectivity index is 1.47. The minimum Gasteiger partial charge on any atom is -0.481 e. The minimum absolute atomic E-state index is 0.0297. The van der Waals surface area contributed by atoms with Gasteiger partial charge in [-0.05, 0) is 72.9 Å². The number of nitrogens with zero attached hydrogens (tertiary/aromatic N) is 2. The molecule has 3 heterocycles. The maximum atomic E-state index is 14.1. The van der Waals surface area contributed by atoms with E-state index < -0.39 is 47.6 Å². The van der Waals surface area contributed by atoms with E-state index in [2.05, 4.69) is 9.88 Å². The molecule has 2 aliphatic rings. The molecular weight excluding hydrogens is 569 g/mol. The van der Waals surface area contributed by atoms with Gasteiger partial charge in [0.25, 0.3) is 0 Å². The van der Waals surface area contributed by atoms with Crippen LogP contribution in [-0.2, 0) is 21.8 Å². The summed E-state index contributed by atoms with van der Waals surface area (Å²) < 4.78 is 113. The second-order valence-corrected chi connectivity index (χ2v) is 10.7. The van der Waals surface area contributed by atoms with Crippen molar-refractivity contribution in [2.24, 2.45) is 11.8 Å². The lowest BCUT2D eigenvalue weighted by atomic mass is 9.76. The van der Waals surface area contributed by atoms with Crippen LogP contribution in [0.15, 0.2) is 54.7 Å². The molecule has 2 aliphatic heterocycles. The number of fused-ring (bicyclic) bond motifs is 1. The van der Waals surface area contributed by atoms with E-state index in [4.69, 9.17) is 14.2 Å². The normalized spacial score (nSPS) is 23.5. The lowest BCUT2D eigenvalue weighted by Crippen LogP contribution is -2.42. The number of alkyl halides is 6. The summed E-state index contributed by atoms with van der Waals surface area (Å²) in [4.78, 5) is 6.41. The van der Waals surface area contributed by atoms with Crippen LogP contribution in [0.25, 0.3) is 0 Å². The third-order valence-corrected chi connectivity index (χ3v) is 8.02. The number of aromatic nitrogens is 1. The fraction of sp³-hybridized carbons (Fsp3) is 0.433. The molecule has 0 bridgehead atoms. The van der Waals surface area contributed by atoms with Crippen LogP contribution in [-0.4, -0.2) is 38.1 Å². The topological polar surface area (TPSA) is 43.8 Å². The monoisotopic (exact) mass is 598 g/mol. The Morgan fingerprint density at radius 3 is 2.21 bits per heavy atom. The van der Waals surface area contributed by atoms with Gasteiger partial charge < -0.3 is 19.1 Å². The first-order chi connectivity index (χ1) is 19.7. The quantitative estimate of drug-likeness (QED) is 0.274. The summed E-state index contributed by atoms with van der Waals surface area (Å²) in [6, 6.07) is 9.36. The van der Waals surface area contributed by atoms with Crippen molar-refractivity contribution in [2.45, 2.75) is 44.5 Å². The van der Waals surface area contributed by atoms with E-state index in [9.17, 15) is 30.7 Å². The van der Waals surface area contributed by atoms with Gasteiger partial charge in [0.15, 0.2) is 6.29 Å². The van der Waals surface area contributed by atoms with Crippen molar-refractivity contribution in [3.05, 3.63) is 88.4 Å². The highest BCUT2D eigenvalue weighted by Gasteiger charge is 2.48. The molecule has 0 radical (unpaired) electrons. The van der Waals surface area contributed by atoms with Gasteiger partial charge in [0.1, 0.15) is 5.82 Å². The second kappa shape index (κ2) is 11.4. The summed E-state index contributed by atoms with van der Waals surface area (Å²) in [7, 11) is 1.52. The molecule has 42 heavy (non-hydrogen) atoms. The zero-order valence-electron chi connectivity index (χ0n) is 23.0. The van der Waals surface area contributed by atoms with Crippen LogP contribution in [0.2, 0.25) is 0 Å². The van der Waals surface area contributed by atoms with Crippen LogP contribution >= 0.6 is 0 Å². The van der Waals surface area contributed by atoms with Crippen LogP contribution < -0.4 is 9.64 Å². The molecule has 2 fully saturated rings. The Bertz CT molecular complexity index is 1380. The van der Waals surface area contributed by atoms with Gasteiger partial charge in [-0.25, -0.2) is 9.37 Å². The van der Waals surface area contributed by atoms with Crippen molar-refractivity contribution in [1.29, 1.82) is 0 Å².